The predicted octanol–water partition coefficient (Wildman–Crippen LogP) is -0.969. The molecule has 1 heterocycles. The van der Waals surface area contributed by atoms with Crippen molar-refractivity contribution in [1.29, 1.82) is 0 Å². The van der Waals surface area contributed by atoms with Gasteiger partial charge in [0.25, 0.3) is 0 Å². The summed E-state index contributed by atoms with van der Waals surface area (Å²) in [5, 5.41) is 2.52. The highest BCUT2D eigenvalue weighted by Crippen LogP contribution is 2.03. The van der Waals surface area contributed by atoms with Gasteiger partial charge in [-0.3, -0.25) is 14.5 Å². The number of carbonyl (C=O) groups excluding carboxylic acids is 3. The molecule has 10 nitrogen and oxygen atoms in total. The summed E-state index contributed by atoms with van der Waals surface area (Å²) in [6.45, 7) is 5.14. The monoisotopic (exact) mass is 370 g/mol. The summed E-state index contributed by atoms with van der Waals surface area (Å²) < 4.78 is 15.4. The van der Waals surface area contributed by atoms with Crippen LogP contribution in [0.5, 0.6) is 0 Å². The van der Waals surface area contributed by atoms with Crippen LogP contribution in [0.4, 0.5) is 0 Å². The maximum Gasteiger partial charge on any atom is 0.328 e. The van der Waals surface area contributed by atoms with Crippen molar-refractivity contribution in [2.75, 3.05) is 46.6 Å². The first-order valence-electron chi connectivity index (χ1n) is 8.48. The Morgan fingerprint density at radius 1 is 1.35 bits per heavy atom. The van der Waals surface area contributed by atoms with Gasteiger partial charge in [0.15, 0.2) is 0 Å². The van der Waals surface area contributed by atoms with Gasteiger partial charge in [-0.1, -0.05) is 0 Å². The van der Waals surface area contributed by atoms with Gasteiger partial charge >= 0.3 is 12.2 Å². The number of amides is 1. The molecule has 1 aliphatic heterocycles. The smallest absolute Gasteiger partial charge is 0.328 e. The molecule has 10 heteroatoms. The highest BCUT2D eigenvalue weighted by molar-refractivity contribution is 6.25. The number of ketones is 1. The van der Waals surface area contributed by atoms with Crippen LogP contribution in [0, 0.1) is 0 Å². The average Bonchev–Trinajstić information content (AvgIpc) is 2.65. The Balaban J connectivity index is 2.53. The number of rotatable bonds is 11. The van der Waals surface area contributed by atoms with Gasteiger partial charge in [0.2, 0.25) is 11.7 Å². The summed E-state index contributed by atoms with van der Waals surface area (Å²) in [6.07, 6.45) is -0.0352. The highest BCUT2D eigenvalue weighted by atomic mass is 16.5. The maximum absolute atomic E-state index is 12.3. The number of hydrogen-bond acceptors (Lipinski definition) is 7. The van der Waals surface area contributed by atoms with Crippen LogP contribution in [0.15, 0.2) is 0 Å². The molecule has 0 aromatic carbocycles. The van der Waals surface area contributed by atoms with Gasteiger partial charge in [0, 0.05) is 33.2 Å². The van der Waals surface area contributed by atoms with E-state index >= 15 is 0 Å². The molecule has 0 spiro atoms. The van der Waals surface area contributed by atoms with Gasteiger partial charge in [-0.05, 0) is 13.3 Å². The molecule has 0 saturated carbocycles. The molecule has 0 aromatic heterocycles. The van der Waals surface area contributed by atoms with E-state index in [0.29, 0.717) is 19.8 Å². The van der Waals surface area contributed by atoms with Crippen LogP contribution in [0.3, 0.4) is 0 Å². The van der Waals surface area contributed by atoms with Crippen molar-refractivity contribution in [3.05, 3.63) is 5.53 Å². The summed E-state index contributed by atoms with van der Waals surface area (Å²) in [7, 11) is 1.38. The van der Waals surface area contributed by atoms with E-state index in [1.165, 1.54) is 7.11 Å². The second kappa shape index (κ2) is 12.3. The van der Waals surface area contributed by atoms with Gasteiger partial charge in [0.05, 0.1) is 13.2 Å². The van der Waals surface area contributed by atoms with Crippen molar-refractivity contribution in [2.24, 2.45) is 0 Å². The molecule has 0 radical (unpaired) electrons. The Labute approximate surface area is 152 Å². The first kappa shape index (κ1) is 21.9. The van der Waals surface area contributed by atoms with E-state index < -0.39 is 29.8 Å². The van der Waals surface area contributed by atoms with E-state index in [0.717, 1.165) is 19.3 Å². The Hall–Kier alpha value is -2.13. The minimum atomic E-state index is -0.985. The third kappa shape index (κ3) is 8.30. The summed E-state index contributed by atoms with van der Waals surface area (Å²) in [5.74, 6) is -1.57. The van der Waals surface area contributed by atoms with E-state index in [1.807, 2.05) is 0 Å². The fourth-order valence-electron chi connectivity index (χ4n) is 2.26. The third-order valence-electron chi connectivity index (χ3n) is 3.96. The first-order chi connectivity index (χ1) is 12.5. The molecule has 1 fully saturated rings. The molecule has 0 aliphatic carbocycles. The predicted molar refractivity (Wildman–Crippen MR) is 90.5 cm³/mol. The number of nitrogens with one attached hydrogen (secondary N) is 1. The van der Waals surface area contributed by atoms with Crippen molar-refractivity contribution in [3.63, 3.8) is 0 Å². The molecule has 1 N–H and O–H groups in total. The molecular formula is C16H26N4O6. The lowest BCUT2D eigenvalue weighted by atomic mass is 10.1. The second-order valence-electron chi connectivity index (χ2n) is 5.81. The molecule has 146 valence electrons. The third-order valence-corrected chi connectivity index (χ3v) is 3.96. The molecule has 0 bridgehead atoms. The zero-order chi connectivity index (χ0) is 19.4. The van der Waals surface area contributed by atoms with Crippen LogP contribution in [-0.4, -0.2) is 92.3 Å². The summed E-state index contributed by atoms with van der Waals surface area (Å²) >= 11 is 0. The quantitative estimate of drug-likeness (QED) is 0.214. The van der Waals surface area contributed by atoms with Crippen LogP contribution in [0.2, 0.25) is 0 Å². The van der Waals surface area contributed by atoms with Crippen molar-refractivity contribution in [2.45, 2.75) is 31.9 Å². The standard InChI is InChI=1S/C16H26N4O6/c1-12(24-2)15(22)19-14(4-3-13(21)11-18-17)16(23)26-10-7-20-5-8-25-9-6-20/h11-12,14H,3-10H2,1-2H3,(H,19,22)/t12-,14+/m1/s1. The SMILES string of the molecule is CO[C@H](C)C(=O)N[C@@H](CCC(=O)C=[N+]=[N-])C(=O)OCCN1CCOCC1. The minimum Gasteiger partial charge on any atom is -0.463 e. The van der Waals surface area contributed by atoms with Crippen LogP contribution in [0.25, 0.3) is 5.53 Å². The van der Waals surface area contributed by atoms with Gasteiger partial charge in [-0.2, -0.15) is 4.79 Å². The maximum atomic E-state index is 12.3. The van der Waals surface area contributed by atoms with Crippen LogP contribution < -0.4 is 5.32 Å². The molecule has 0 aromatic rings. The lowest BCUT2D eigenvalue weighted by Crippen LogP contribution is -2.46. The lowest BCUT2D eigenvalue weighted by molar-refractivity contribution is -0.150. The van der Waals surface area contributed by atoms with Gasteiger partial charge in [-0.15, -0.1) is 0 Å². The summed E-state index contributed by atoms with van der Waals surface area (Å²) in [4.78, 5) is 40.5. The summed E-state index contributed by atoms with van der Waals surface area (Å²) in [5.41, 5.74) is 8.36. The molecule has 0 unspecified atom stereocenters. The van der Waals surface area contributed by atoms with Crippen LogP contribution in [0.1, 0.15) is 19.8 Å². The highest BCUT2D eigenvalue weighted by Gasteiger charge is 2.26. The number of methoxy groups -OCH3 is 1. The molecule has 1 amide bonds. The lowest BCUT2D eigenvalue weighted by Gasteiger charge is -2.26. The summed E-state index contributed by atoms with van der Waals surface area (Å²) in [6, 6.07) is -0.985. The number of Topliss-reactive ketones (excluding diaryl/α,β-unsaturated/α-hetero) is 1. The molecule has 26 heavy (non-hydrogen) atoms. The fourth-order valence-corrected chi connectivity index (χ4v) is 2.26. The van der Waals surface area contributed by atoms with Crippen LogP contribution >= 0.6 is 0 Å². The van der Waals surface area contributed by atoms with E-state index in [1.54, 1.807) is 6.92 Å². The van der Waals surface area contributed by atoms with Crippen molar-refractivity contribution in [1.82, 2.24) is 10.2 Å². The van der Waals surface area contributed by atoms with E-state index in [2.05, 4.69) is 15.0 Å². The number of esters is 1. The Morgan fingerprint density at radius 3 is 2.65 bits per heavy atom. The zero-order valence-electron chi connectivity index (χ0n) is 15.2. The van der Waals surface area contributed by atoms with E-state index in [4.69, 9.17) is 19.7 Å². The molecule has 1 saturated heterocycles. The molecule has 1 aliphatic rings. The minimum absolute atomic E-state index is 0.0312. The Bertz CT molecular complexity index is 529. The van der Waals surface area contributed by atoms with Gasteiger partial charge in [0.1, 0.15) is 18.8 Å². The molecular weight excluding hydrogens is 344 g/mol. The van der Waals surface area contributed by atoms with Crippen molar-refractivity contribution >= 4 is 23.9 Å². The zero-order valence-corrected chi connectivity index (χ0v) is 15.2. The number of hydrogen-bond donors (Lipinski definition) is 1. The fraction of sp³-hybridized carbons (Fsp3) is 0.750. The first-order valence-corrected chi connectivity index (χ1v) is 8.48. The Kier molecular flexibility index (Phi) is 10.3. The topological polar surface area (TPSA) is 131 Å². The molecule has 1 rings (SSSR count). The van der Waals surface area contributed by atoms with Gasteiger partial charge in [-0.25, -0.2) is 4.79 Å². The van der Waals surface area contributed by atoms with Crippen molar-refractivity contribution in [3.8, 4) is 0 Å². The number of carbonyl (C=O) groups is 3. The number of morpholine rings is 1. The van der Waals surface area contributed by atoms with Gasteiger partial charge < -0.3 is 25.1 Å². The van der Waals surface area contributed by atoms with Crippen LogP contribution in [-0.2, 0) is 28.6 Å². The normalized spacial score (nSPS) is 16.8. The van der Waals surface area contributed by atoms with Crippen molar-refractivity contribution < 1.29 is 33.4 Å². The van der Waals surface area contributed by atoms with E-state index in [9.17, 15) is 14.4 Å². The second-order valence-corrected chi connectivity index (χ2v) is 5.81. The largest absolute Gasteiger partial charge is 0.463 e. The number of nitrogens with zero attached hydrogens (tertiary/aromatic N) is 3. The molecule has 2 atom stereocenters. The number of ether oxygens (including phenoxy) is 3. The van der Waals surface area contributed by atoms with E-state index in [-0.39, 0.29) is 19.4 Å². The average molecular weight is 370 g/mol. The Morgan fingerprint density at radius 2 is 2.04 bits per heavy atom.